The van der Waals surface area contributed by atoms with Gasteiger partial charge in [-0.2, -0.15) is 0 Å². The van der Waals surface area contributed by atoms with Crippen molar-refractivity contribution in [1.82, 2.24) is 0 Å². The second-order valence-electron chi connectivity index (χ2n) is 7.54. The SMILES string of the molecule is CC1(C)O[C@H]2O[C@H]([C@H]3COC(C)(C)O3)[C@H](O[C@H]3C=CC(=O)CO3)[C@H]2O1. The summed E-state index contributed by atoms with van der Waals surface area (Å²) in [6.45, 7) is 7.75. The number of ketones is 1. The first kappa shape index (κ1) is 17.5. The molecule has 3 saturated heterocycles. The third kappa shape index (κ3) is 3.52. The highest BCUT2D eigenvalue weighted by Crippen LogP contribution is 2.42. The molecule has 6 atom stereocenters. The molecular weight excluding hydrogens is 332 g/mol. The second-order valence-corrected chi connectivity index (χ2v) is 7.54. The lowest BCUT2D eigenvalue weighted by Crippen LogP contribution is -2.46. The van der Waals surface area contributed by atoms with Gasteiger partial charge < -0.3 is 33.2 Å². The molecule has 4 heterocycles. The van der Waals surface area contributed by atoms with Crippen LogP contribution in [-0.4, -0.2) is 67.6 Å². The van der Waals surface area contributed by atoms with Crippen molar-refractivity contribution in [2.45, 2.75) is 76.3 Å². The molecule has 0 N–H and O–H groups in total. The number of carbonyl (C=O) groups is 1. The minimum absolute atomic E-state index is 0.00751. The molecule has 4 aliphatic rings. The monoisotopic (exact) mass is 356 g/mol. The van der Waals surface area contributed by atoms with Crippen LogP contribution in [-0.2, 0) is 38.0 Å². The van der Waals surface area contributed by atoms with E-state index in [2.05, 4.69) is 0 Å². The zero-order chi connectivity index (χ0) is 17.8. The maximum absolute atomic E-state index is 11.3. The molecule has 0 amide bonds. The Morgan fingerprint density at radius 2 is 1.88 bits per heavy atom. The van der Waals surface area contributed by atoms with Crippen LogP contribution in [0.1, 0.15) is 27.7 Å². The van der Waals surface area contributed by atoms with E-state index in [-0.39, 0.29) is 18.5 Å². The number of rotatable bonds is 3. The summed E-state index contributed by atoms with van der Waals surface area (Å²) in [6.07, 6.45) is 0.232. The third-order valence-corrected chi connectivity index (χ3v) is 4.54. The zero-order valence-electron chi connectivity index (χ0n) is 14.8. The van der Waals surface area contributed by atoms with E-state index in [9.17, 15) is 4.79 Å². The van der Waals surface area contributed by atoms with E-state index >= 15 is 0 Å². The number of ether oxygens (including phenoxy) is 7. The van der Waals surface area contributed by atoms with Gasteiger partial charge in [-0.1, -0.05) is 0 Å². The number of carbonyl (C=O) groups excluding carboxylic acids is 1. The van der Waals surface area contributed by atoms with Gasteiger partial charge in [0.15, 0.2) is 29.9 Å². The molecule has 140 valence electrons. The van der Waals surface area contributed by atoms with Crippen LogP contribution in [0.2, 0.25) is 0 Å². The van der Waals surface area contributed by atoms with Gasteiger partial charge in [0.1, 0.15) is 31.0 Å². The summed E-state index contributed by atoms with van der Waals surface area (Å²) in [4.78, 5) is 11.3. The van der Waals surface area contributed by atoms with Crippen molar-refractivity contribution in [3.63, 3.8) is 0 Å². The number of hydrogen-bond donors (Lipinski definition) is 0. The number of fused-ring (bicyclic) bond motifs is 1. The van der Waals surface area contributed by atoms with E-state index in [1.165, 1.54) is 6.08 Å². The molecule has 0 radical (unpaired) electrons. The van der Waals surface area contributed by atoms with Crippen molar-refractivity contribution in [2.75, 3.05) is 13.2 Å². The van der Waals surface area contributed by atoms with E-state index in [1.807, 2.05) is 27.7 Å². The Hall–Kier alpha value is -0.870. The Bertz CT molecular complexity index is 571. The Balaban J connectivity index is 1.52. The highest BCUT2D eigenvalue weighted by molar-refractivity contribution is 5.91. The first-order valence-corrected chi connectivity index (χ1v) is 8.53. The van der Waals surface area contributed by atoms with Gasteiger partial charge >= 0.3 is 0 Å². The first-order valence-electron chi connectivity index (χ1n) is 8.53. The summed E-state index contributed by atoms with van der Waals surface area (Å²) in [6, 6.07) is 0. The quantitative estimate of drug-likeness (QED) is 0.737. The Labute approximate surface area is 146 Å². The van der Waals surface area contributed by atoms with Crippen LogP contribution in [0, 0.1) is 0 Å². The van der Waals surface area contributed by atoms with Gasteiger partial charge in [-0.3, -0.25) is 4.79 Å². The van der Waals surface area contributed by atoms with Crippen molar-refractivity contribution < 1.29 is 38.0 Å². The van der Waals surface area contributed by atoms with Crippen LogP contribution in [0.3, 0.4) is 0 Å². The minimum Gasteiger partial charge on any atom is -0.348 e. The normalized spacial score (nSPS) is 45.0. The number of hydrogen-bond acceptors (Lipinski definition) is 8. The smallest absolute Gasteiger partial charge is 0.190 e. The molecule has 0 aromatic rings. The van der Waals surface area contributed by atoms with Crippen LogP contribution in [0.25, 0.3) is 0 Å². The largest absolute Gasteiger partial charge is 0.348 e. The molecular formula is C17H24O8. The lowest BCUT2D eigenvalue weighted by molar-refractivity contribution is -0.249. The van der Waals surface area contributed by atoms with Crippen LogP contribution in [0.5, 0.6) is 0 Å². The molecule has 4 aliphatic heterocycles. The fraction of sp³-hybridized carbons (Fsp3) is 0.824. The Kier molecular flexibility index (Phi) is 4.27. The summed E-state index contributed by atoms with van der Waals surface area (Å²) >= 11 is 0. The van der Waals surface area contributed by atoms with Crippen molar-refractivity contribution in [3.05, 3.63) is 12.2 Å². The lowest BCUT2D eigenvalue weighted by Gasteiger charge is -2.31. The molecule has 0 aromatic heterocycles. The second kappa shape index (κ2) is 6.09. The molecule has 0 aliphatic carbocycles. The Morgan fingerprint density at radius 1 is 1.08 bits per heavy atom. The van der Waals surface area contributed by atoms with Crippen molar-refractivity contribution in [2.24, 2.45) is 0 Å². The van der Waals surface area contributed by atoms with Crippen LogP contribution in [0.4, 0.5) is 0 Å². The van der Waals surface area contributed by atoms with E-state index in [1.54, 1.807) is 6.08 Å². The minimum atomic E-state index is -0.757. The topological polar surface area (TPSA) is 81.7 Å². The fourth-order valence-corrected chi connectivity index (χ4v) is 3.53. The van der Waals surface area contributed by atoms with Gasteiger partial charge in [0.2, 0.25) is 0 Å². The predicted octanol–water partition coefficient (Wildman–Crippen LogP) is 0.881. The average Bonchev–Trinajstić information content (AvgIpc) is 3.12. The van der Waals surface area contributed by atoms with Gasteiger partial charge in [-0.15, -0.1) is 0 Å². The highest BCUT2D eigenvalue weighted by Gasteiger charge is 2.59. The molecule has 0 aromatic carbocycles. The van der Waals surface area contributed by atoms with E-state index in [0.29, 0.717) is 6.61 Å². The van der Waals surface area contributed by atoms with Crippen LogP contribution in [0.15, 0.2) is 12.2 Å². The molecule has 25 heavy (non-hydrogen) atoms. The summed E-state index contributed by atoms with van der Waals surface area (Å²) in [5.41, 5.74) is 0. The van der Waals surface area contributed by atoms with Crippen LogP contribution < -0.4 is 0 Å². The van der Waals surface area contributed by atoms with Gasteiger partial charge in [0.05, 0.1) is 6.61 Å². The summed E-state index contributed by atoms with van der Waals surface area (Å²) < 4.78 is 40.9. The van der Waals surface area contributed by atoms with Gasteiger partial charge in [-0.25, -0.2) is 0 Å². The zero-order valence-corrected chi connectivity index (χ0v) is 14.8. The molecule has 0 saturated carbocycles. The Morgan fingerprint density at radius 3 is 2.52 bits per heavy atom. The third-order valence-electron chi connectivity index (χ3n) is 4.54. The highest BCUT2D eigenvalue weighted by atomic mass is 16.9. The molecule has 0 bridgehead atoms. The van der Waals surface area contributed by atoms with Gasteiger partial charge in [0, 0.05) is 0 Å². The first-order chi connectivity index (χ1) is 11.7. The van der Waals surface area contributed by atoms with Crippen molar-refractivity contribution >= 4 is 5.78 Å². The van der Waals surface area contributed by atoms with Crippen molar-refractivity contribution in [3.8, 4) is 0 Å². The van der Waals surface area contributed by atoms with E-state index in [4.69, 9.17) is 33.2 Å². The molecule has 4 rings (SSSR count). The van der Waals surface area contributed by atoms with Gasteiger partial charge in [0.25, 0.3) is 0 Å². The van der Waals surface area contributed by atoms with Gasteiger partial charge in [-0.05, 0) is 39.8 Å². The summed E-state index contributed by atoms with van der Waals surface area (Å²) in [5.74, 6) is -1.52. The standard InChI is InChI=1S/C17H24O8/c1-16(2)20-8-10(23-16)12-13(21-11-6-5-9(18)7-19-11)14-15(22-12)25-17(3,4)24-14/h5-6,10-15H,7-8H2,1-4H3/t10-,11+,12-,13+,14-,15-/m1/s1. The van der Waals surface area contributed by atoms with Crippen LogP contribution >= 0.6 is 0 Å². The molecule has 0 spiro atoms. The van der Waals surface area contributed by atoms with Crippen molar-refractivity contribution in [1.29, 1.82) is 0 Å². The summed E-state index contributed by atoms with van der Waals surface area (Å²) in [7, 11) is 0. The lowest BCUT2D eigenvalue weighted by atomic mass is 10.1. The molecule has 8 nitrogen and oxygen atoms in total. The maximum atomic E-state index is 11.3. The summed E-state index contributed by atoms with van der Waals surface area (Å²) in [5, 5.41) is 0. The molecule has 0 unspecified atom stereocenters. The fourth-order valence-electron chi connectivity index (χ4n) is 3.53. The van der Waals surface area contributed by atoms with E-state index in [0.717, 1.165) is 0 Å². The average molecular weight is 356 g/mol. The van der Waals surface area contributed by atoms with E-state index < -0.39 is 42.5 Å². The molecule has 3 fully saturated rings. The maximum Gasteiger partial charge on any atom is 0.190 e. The molecule has 8 heteroatoms. The predicted molar refractivity (Wildman–Crippen MR) is 82.4 cm³/mol.